The second kappa shape index (κ2) is 7.61. The molecule has 52 valence electrons. The first-order valence-corrected chi connectivity index (χ1v) is 3.55. The predicted molar refractivity (Wildman–Crippen MR) is 52.5 cm³/mol. The maximum Gasteiger partial charge on any atom is 2.00 e. The summed E-state index contributed by atoms with van der Waals surface area (Å²) in [7, 11) is 0. The van der Waals surface area contributed by atoms with Gasteiger partial charge in [0.15, 0.2) is 0 Å². The average molecular weight is 191 g/mol. The summed E-state index contributed by atoms with van der Waals surface area (Å²) >= 11 is 8.82. The molecule has 0 aromatic heterocycles. The van der Waals surface area contributed by atoms with Crippen molar-refractivity contribution in [1.29, 1.82) is 0 Å². The molecule has 0 aromatic carbocycles. The van der Waals surface area contributed by atoms with E-state index in [2.05, 4.69) is 26.5 Å². The van der Waals surface area contributed by atoms with E-state index < -0.39 is 0 Å². The van der Waals surface area contributed by atoms with Gasteiger partial charge >= 0.3 is 37.7 Å². The first-order chi connectivity index (χ1) is 3.72. The Balaban J connectivity index is -0.0000000817. The van der Waals surface area contributed by atoms with Gasteiger partial charge in [0.25, 0.3) is 0 Å². The molecule has 0 amide bonds. The minimum atomic E-state index is 0. The molecule has 0 aromatic rings. The van der Waals surface area contributed by atoms with E-state index in [1.54, 1.807) is 0 Å². The molecule has 0 atom stereocenters. The average Bonchev–Trinajstić information content (AvgIpc) is 1.69. The quantitative estimate of drug-likeness (QED) is 0.399. The van der Waals surface area contributed by atoms with Gasteiger partial charge in [-0.1, -0.05) is 12.2 Å². The minimum Gasteiger partial charge on any atom is -1.00 e. The Hall–Kier alpha value is 1.50. The molecule has 0 spiro atoms. The van der Waals surface area contributed by atoms with Crippen LogP contribution in [0.15, 0.2) is 0 Å². The molecule has 0 aliphatic rings. The van der Waals surface area contributed by atoms with Crippen LogP contribution in [0.25, 0.3) is 0 Å². The van der Waals surface area contributed by atoms with Crippen LogP contribution in [0, 0.1) is 0 Å². The summed E-state index contributed by atoms with van der Waals surface area (Å²) in [6, 6.07) is 0. The molecule has 9 heavy (non-hydrogen) atoms. The summed E-state index contributed by atoms with van der Waals surface area (Å²) in [5, 5.41) is 0. The fraction of sp³-hybridized carbons (Fsp3) is 0.800. The van der Waals surface area contributed by atoms with Gasteiger partial charge in [-0.05, 0) is 13.8 Å². The van der Waals surface area contributed by atoms with Crippen LogP contribution in [-0.2, 0) is 0 Å². The Labute approximate surface area is 101 Å². The molecule has 0 saturated heterocycles. The Kier molecular flexibility index (Phi) is 11.1. The Morgan fingerprint density at radius 1 is 1.56 bits per heavy atom. The van der Waals surface area contributed by atoms with Gasteiger partial charge in [-0.3, -0.25) is 0 Å². The van der Waals surface area contributed by atoms with E-state index in [0.29, 0.717) is 4.32 Å². The number of nitrogens with zero attached hydrogens (tertiary/aromatic N) is 1. The maximum atomic E-state index is 4.81. The third kappa shape index (κ3) is 5.92. The summed E-state index contributed by atoms with van der Waals surface area (Å²) in [4.78, 5) is 2.01. The van der Waals surface area contributed by atoms with Crippen molar-refractivity contribution >= 4 is 66.9 Å². The molecule has 0 saturated carbocycles. The monoisotopic (exact) mass is 191 g/mol. The van der Waals surface area contributed by atoms with Gasteiger partial charge in [-0.2, -0.15) is 0 Å². The molecular formula is C5H13CaNS2. The Bertz CT molecular complexity index is 90.6. The summed E-state index contributed by atoms with van der Waals surface area (Å²) in [5.74, 6) is 0. The fourth-order valence-electron chi connectivity index (χ4n) is 0.494. The van der Waals surface area contributed by atoms with Crippen LogP contribution >= 0.6 is 24.8 Å². The molecular weight excluding hydrogens is 178 g/mol. The largest absolute Gasteiger partial charge is 2.00 e. The zero-order chi connectivity index (χ0) is 6.57. The first kappa shape index (κ1) is 13.1. The first-order valence-electron chi connectivity index (χ1n) is 2.70. The molecule has 4 heteroatoms. The van der Waals surface area contributed by atoms with Gasteiger partial charge in [0.2, 0.25) is 0 Å². The van der Waals surface area contributed by atoms with Crippen LogP contribution in [0.5, 0.6) is 0 Å². The number of hydrogen-bond donors (Lipinski definition) is 1. The van der Waals surface area contributed by atoms with Gasteiger partial charge in [-0.15, -0.1) is 12.6 Å². The number of rotatable bonds is 2. The van der Waals surface area contributed by atoms with Crippen molar-refractivity contribution in [2.45, 2.75) is 13.8 Å². The van der Waals surface area contributed by atoms with Crippen molar-refractivity contribution in [3.8, 4) is 0 Å². The SMILES string of the molecule is CCN(CC)C(=S)S.[Ca+2].[H-].[H-]. The molecule has 1 nitrogen and oxygen atoms in total. The van der Waals surface area contributed by atoms with Crippen LogP contribution in [0.3, 0.4) is 0 Å². The fourth-order valence-corrected chi connectivity index (χ4v) is 1.04. The van der Waals surface area contributed by atoms with Crippen molar-refractivity contribution in [3.05, 3.63) is 0 Å². The van der Waals surface area contributed by atoms with E-state index in [9.17, 15) is 0 Å². The van der Waals surface area contributed by atoms with Crippen LogP contribution in [0.4, 0.5) is 0 Å². The number of thiol groups is 1. The van der Waals surface area contributed by atoms with Crippen molar-refractivity contribution < 1.29 is 2.85 Å². The molecule has 0 bridgehead atoms. The van der Waals surface area contributed by atoms with Crippen molar-refractivity contribution in [1.82, 2.24) is 4.90 Å². The van der Waals surface area contributed by atoms with Crippen LogP contribution in [0.2, 0.25) is 0 Å². The number of thiocarbonyl (C=S) groups is 1. The van der Waals surface area contributed by atoms with E-state index in [-0.39, 0.29) is 40.6 Å². The zero-order valence-corrected chi connectivity index (χ0v) is 9.84. The van der Waals surface area contributed by atoms with Gasteiger partial charge in [0, 0.05) is 13.1 Å². The summed E-state index contributed by atoms with van der Waals surface area (Å²) in [6.45, 7) is 6.04. The molecule has 0 N–H and O–H groups in total. The normalized spacial score (nSPS) is 7.89. The standard InChI is InChI=1S/C5H11NS2.Ca.2H/c1-3-6(4-2)5(7)8;;;/h3-4H2,1-2H3,(H,7,8);;;/q;+2;2*-1. The smallest absolute Gasteiger partial charge is 1.00 e. The third-order valence-electron chi connectivity index (χ3n) is 1.03. The van der Waals surface area contributed by atoms with E-state index in [4.69, 9.17) is 12.2 Å². The molecule has 0 aliphatic heterocycles. The summed E-state index contributed by atoms with van der Waals surface area (Å²) in [6.07, 6.45) is 0. The number of hydrogen-bond acceptors (Lipinski definition) is 1. The van der Waals surface area contributed by atoms with E-state index in [1.165, 1.54) is 0 Å². The van der Waals surface area contributed by atoms with Crippen molar-refractivity contribution in [2.24, 2.45) is 0 Å². The molecule has 0 unspecified atom stereocenters. The molecule has 0 aliphatic carbocycles. The summed E-state index contributed by atoms with van der Waals surface area (Å²) < 4.78 is 0.690. The van der Waals surface area contributed by atoms with E-state index >= 15 is 0 Å². The third-order valence-corrected chi connectivity index (χ3v) is 1.58. The van der Waals surface area contributed by atoms with Gasteiger partial charge in [-0.25, -0.2) is 0 Å². The summed E-state index contributed by atoms with van der Waals surface area (Å²) in [5.41, 5.74) is 0. The molecule has 0 radical (unpaired) electrons. The Morgan fingerprint density at radius 2 is 1.89 bits per heavy atom. The van der Waals surface area contributed by atoms with Crippen molar-refractivity contribution in [2.75, 3.05) is 13.1 Å². The second-order valence-electron chi connectivity index (χ2n) is 1.45. The molecule has 0 heterocycles. The van der Waals surface area contributed by atoms with E-state index in [0.717, 1.165) is 13.1 Å². The van der Waals surface area contributed by atoms with Gasteiger partial charge in [0.05, 0.1) is 0 Å². The maximum absolute atomic E-state index is 4.81. The molecule has 0 fully saturated rings. The van der Waals surface area contributed by atoms with E-state index in [1.807, 2.05) is 4.90 Å². The molecule has 0 rings (SSSR count). The Morgan fingerprint density at radius 3 is 1.89 bits per heavy atom. The van der Waals surface area contributed by atoms with Crippen LogP contribution in [0.1, 0.15) is 16.7 Å². The van der Waals surface area contributed by atoms with Crippen LogP contribution in [-0.4, -0.2) is 60.0 Å². The van der Waals surface area contributed by atoms with Gasteiger partial charge < -0.3 is 7.75 Å². The van der Waals surface area contributed by atoms with Crippen molar-refractivity contribution in [3.63, 3.8) is 0 Å². The minimum absolute atomic E-state index is 0. The zero-order valence-electron chi connectivity index (χ0n) is 7.92. The van der Waals surface area contributed by atoms with Crippen LogP contribution < -0.4 is 0 Å². The topological polar surface area (TPSA) is 3.24 Å². The second-order valence-corrected chi connectivity index (χ2v) is 2.57. The van der Waals surface area contributed by atoms with Gasteiger partial charge in [0.1, 0.15) is 4.32 Å². The predicted octanol–water partition coefficient (Wildman–Crippen LogP) is 1.39.